The Balaban J connectivity index is 0.00000141. The molecular formula is C22H19ClF3N5O. The van der Waals surface area contributed by atoms with Crippen LogP contribution in [-0.2, 0) is 6.18 Å². The predicted octanol–water partition coefficient (Wildman–Crippen LogP) is 7.10. The van der Waals surface area contributed by atoms with Gasteiger partial charge in [-0.1, -0.05) is 31.5 Å². The number of aromatic amines is 1. The molecule has 0 bridgehead atoms. The molecule has 0 saturated heterocycles. The lowest BCUT2D eigenvalue weighted by molar-refractivity contribution is -0.137. The molecule has 0 unspecified atom stereocenters. The Bertz CT molecular complexity index is 1170. The Hall–Kier alpha value is -3.59. The number of hydrogen-bond donors (Lipinski definition) is 2. The summed E-state index contributed by atoms with van der Waals surface area (Å²) in [4.78, 5) is 8.17. The van der Waals surface area contributed by atoms with Gasteiger partial charge in [-0.2, -0.15) is 18.2 Å². The first-order valence-electron chi connectivity index (χ1n) is 9.63. The summed E-state index contributed by atoms with van der Waals surface area (Å²) in [5.74, 6) is 1.60. The molecule has 0 aliphatic heterocycles. The maximum atomic E-state index is 12.9. The van der Waals surface area contributed by atoms with Crippen molar-refractivity contribution in [3.63, 3.8) is 0 Å². The summed E-state index contributed by atoms with van der Waals surface area (Å²) in [7, 11) is 0. The van der Waals surface area contributed by atoms with E-state index in [0.29, 0.717) is 27.9 Å². The number of H-pyrrole nitrogens is 1. The third-order valence-electron chi connectivity index (χ3n) is 4.01. The van der Waals surface area contributed by atoms with Gasteiger partial charge in [0, 0.05) is 29.7 Å². The molecule has 0 fully saturated rings. The van der Waals surface area contributed by atoms with Crippen LogP contribution in [0.1, 0.15) is 19.4 Å². The molecule has 2 aromatic carbocycles. The van der Waals surface area contributed by atoms with E-state index < -0.39 is 11.7 Å². The first-order chi connectivity index (χ1) is 15.4. The molecule has 2 N–H and O–H groups in total. The van der Waals surface area contributed by atoms with Crippen molar-refractivity contribution in [1.82, 2.24) is 20.2 Å². The highest BCUT2D eigenvalue weighted by Crippen LogP contribution is 2.33. The van der Waals surface area contributed by atoms with Gasteiger partial charge < -0.3 is 10.1 Å². The van der Waals surface area contributed by atoms with Gasteiger partial charge in [-0.15, -0.1) is 5.10 Å². The number of halogens is 4. The number of aromatic nitrogens is 4. The van der Waals surface area contributed by atoms with Crippen LogP contribution in [0.3, 0.4) is 0 Å². The average Bonchev–Trinajstić information content (AvgIpc) is 3.24. The monoisotopic (exact) mass is 461 g/mol. The van der Waals surface area contributed by atoms with Crippen molar-refractivity contribution in [3.8, 4) is 22.9 Å². The smallest absolute Gasteiger partial charge is 0.416 e. The summed E-state index contributed by atoms with van der Waals surface area (Å²) in [6, 6.07) is 13.2. The van der Waals surface area contributed by atoms with E-state index >= 15 is 0 Å². The summed E-state index contributed by atoms with van der Waals surface area (Å²) in [5, 5.41) is 9.81. The number of alkyl halides is 3. The maximum Gasteiger partial charge on any atom is 0.416 e. The number of hydrogen-bond acceptors (Lipinski definition) is 5. The highest BCUT2D eigenvalue weighted by molar-refractivity contribution is 6.33. The molecule has 0 radical (unpaired) electrons. The van der Waals surface area contributed by atoms with E-state index in [1.165, 1.54) is 12.1 Å². The molecule has 4 aromatic rings. The Morgan fingerprint density at radius 3 is 2.41 bits per heavy atom. The van der Waals surface area contributed by atoms with Crippen LogP contribution < -0.4 is 10.1 Å². The molecular weight excluding hydrogens is 443 g/mol. The summed E-state index contributed by atoms with van der Waals surface area (Å²) in [6.07, 6.45) is -1.22. The zero-order chi connectivity index (χ0) is 23.1. The van der Waals surface area contributed by atoms with Crippen molar-refractivity contribution in [2.75, 3.05) is 5.32 Å². The summed E-state index contributed by atoms with van der Waals surface area (Å²) in [5.41, 5.74) is 0.00185. The molecule has 2 aromatic heterocycles. The molecule has 6 nitrogen and oxygen atoms in total. The van der Waals surface area contributed by atoms with Gasteiger partial charge >= 0.3 is 6.18 Å². The van der Waals surface area contributed by atoms with Gasteiger partial charge in [0.15, 0.2) is 5.82 Å². The predicted molar refractivity (Wildman–Crippen MR) is 117 cm³/mol. The Morgan fingerprint density at radius 2 is 1.72 bits per heavy atom. The zero-order valence-electron chi connectivity index (χ0n) is 17.1. The van der Waals surface area contributed by atoms with Gasteiger partial charge in [0.25, 0.3) is 0 Å². The van der Waals surface area contributed by atoms with Crippen molar-refractivity contribution >= 4 is 23.2 Å². The van der Waals surface area contributed by atoms with Crippen LogP contribution >= 0.6 is 11.6 Å². The highest BCUT2D eigenvalue weighted by atomic mass is 35.5. The van der Waals surface area contributed by atoms with Crippen LogP contribution in [0.4, 0.5) is 24.8 Å². The van der Waals surface area contributed by atoms with E-state index in [-0.39, 0.29) is 11.6 Å². The first-order valence-corrected chi connectivity index (χ1v) is 10.0. The Labute approximate surface area is 187 Å². The van der Waals surface area contributed by atoms with Crippen molar-refractivity contribution < 1.29 is 17.9 Å². The molecule has 0 aliphatic carbocycles. The molecule has 0 amide bonds. The second kappa shape index (κ2) is 10.1. The van der Waals surface area contributed by atoms with Crippen LogP contribution in [0, 0.1) is 0 Å². The van der Waals surface area contributed by atoms with Crippen LogP contribution in [0.15, 0.2) is 67.0 Å². The first kappa shape index (κ1) is 23.1. The van der Waals surface area contributed by atoms with Gasteiger partial charge in [-0.25, -0.2) is 0 Å². The molecule has 10 heteroatoms. The number of benzene rings is 2. The largest absolute Gasteiger partial charge is 0.457 e. The van der Waals surface area contributed by atoms with E-state index in [4.69, 9.17) is 16.3 Å². The molecule has 0 spiro atoms. The van der Waals surface area contributed by atoms with Crippen LogP contribution in [-0.4, -0.2) is 20.2 Å². The molecule has 32 heavy (non-hydrogen) atoms. The third kappa shape index (κ3) is 5.76. The number of rotatable bonds is 5. The lowest BCUT2D eigenvalue weighted by Crippen LogP contribution is -2.05. The van der Waals surface area contributed by atoms with Gasteiger partial charge in [-0.05, 0) is 42.5 Å². The van der Waals surface area contributed by atoms with Gasteiger partial charge in [-0.3, -0.25) is 10.1 Å². The van der Waals surface area contributed by atoms with E-state index in [1.54, 1.807) is 42.7 Å². The van der Waals surface area contributed by atoms with E-state index in [1.807, 2.05) is 13.8 Å². The number of ether oxygens (including phenoxy) is 1. The van der Waals surface area contributed by atoms with Crippen molar-refractivity contribution in [1.29, 1.82) is 0 Å². The maximum absolute atomic E-state index is 12.9. The van der Waals surface area contributed by atoms with E-state index in [2.05, 4.69) is 25.5 Å². The normalized spacial score (nSPS) is 10.8. The SMILES string of the molecule is CC.FC(F)(F)c1cccc(Nc2n[nH]c(-c3ccc(Oc4ccncc4)cc3Cl)n2)c1. The lowest BCUT2D eigenvalue weighted by atomic mass is 10.2. The number of pyridine rings is 1. The molecule has 2 heterocycles. The van der Waals surface area contributed by atoms with Crippen molar-refractivity contribution in [3.05, 3.63) is 77.6 Å². The average molecular weight is 462 g/mol. The van der Waals surface area contributed by atoms with E-state index in [0.717, 1.165) is 12.1 Å². The number of nitrogens with zero attached hydrogens (tertiary/aromatic N) is 3. The minimum atomic E-state index is -4.44. The van der Waals surface area contributed by atoms with Crippen LogP contribution in [0.2, 0.25) is 5.02 Å². The second-order valence-corrected chi connectivity index (χ2v) is 6.55. The Kier molecular flexibility index (Phi) is 7.32. The van der Waals surface area contributed by atoms with Gasteiger partial charge in [0.2, 0.25) is 5.95 Å². The molecule has 0 saturated carbocycles. The standard InChI is InChI=1S/C20H13ClF3N5O.C2H6/c21-17-11-15(30-14-6-8-25-9-7-14)4-5-16(17)18-27-19(29-28-18)26-13-3-1-2-12(10-13)20(22,23)24;1-2/h1-11H,(H2,26,27,28,29);1-2H3. The van der Waals surface area contributed by atoms with Crippen molar-refractivity contribution in [2.45, 2.75) is 20.0 Å². The minimum absolute atomic E-state index is 0.109. The molecule has 166 valence electrons. The molecule has 0 atom stereocenters. The topological polar surface area (TPSA) is 75.7 Å². The van der Waals surface area contributed by atoms with Crippen LogP contribution in [0.5, 0.6) is 11.5 Å². The quantitative estimate of drug-likeness (QED) is 0.331. The zero-order valence-corrected chi connectivity index (χ0v) is 17.9. The fourth-order valence-electron chi connectivity index (χ4n) is 2.63. The highest BCUT2D eigenvalue weighted by Gasteiger charge is 2.30. The lowest BCUT2D eigenvalue weighted by Gasteiger charge is -2.08. The number of anilines is 2. The Morgan fingerprint density at radius 1 is 0.969 bits per heavy atom. The van der Waals surface area contributed by atoms with Crippen molar-refractivity contribution in [2.24, 2.45) is 0 Å². The van der Waals surface area contributed by atoms with Gasteiger partial charge in [0.05, 0.1) is 10.6 Å². The summed E-state index contributed by atoms with van der Waals surface area (Å²) in [6.45, 7) is 4.00. The fourth-order valence-corrected chi connectivity index (χ4v) is 2.89. The minimum Gasteiger partial charge on any atom is -0.457 e. The summed E-state index contributed by atoms with van der Waals surface area (Å²) >= 11 is 6.35. The van der Waals surface area contributed by atoms with E-state index in [9.17, 15) is 13.2 Å². The van der Waals surface area contributed by atoms with Gasteiger partial charge in [0.1, 0.15) is 11.5 Å². The second-order valence-electron chi connectivity index (χ2n) is 6.14. The number of nitrogens with one attached hydrogen (secondary N) is 2. The molecule has 4 rings (SSSR count). The summed E-state index contributed by atoms with van der Waals surface area (Å²) < 4.78 is 44.3. The molecule has 0 aliphatic rings. The fraction of sp³-hybridized carbons (Fsp3) is 0.136. The van der Waals surface area contributed by atoms with Crippen LogP contribution in [0.25, 0.3) is 11.4 Å². The third-order valence-corrected chi connectivity index (χ3v) is 4.33.